The summed E-state index contributed by atoms with van der Waals surface area (Å²) in [7, 11) is 1.56. The summed E-state index contributed by atoms with van der Waals surface area (Å²) in [5, 5.41) is 6.48. The Labute approximate surface area is 176 Å². The molecule has 154 valence electrons. The van der Waals surface area contributed by atoms with Gasteiger partial charge in [-0.1, -0.05) is 17.7 Å². The minimum Gasteiger partial charge on any atom is -0.495 e. The van der Waals surface area contributed by atoms with E-state index in [4.69, 9.17) is 21.1 Å². The van der Waals surface area contributed by atoms with Crippen molar-refractivity contribution in [3.63, 3.8) is 0 Å². The molecule has 1 saturated heterocycles. The molecule has 0 aromatic heterocycles. The number of guanidine groups is 1. The van der Waals surface area contributed by atoms with Crippen LogP contribution in [0.3, 0.4) is 0 Å². The van der Waals surface area contributed by atoms with E-state index in [-0.39, 0.29) is 12.0 Å². The number of amides is 1. The lowest BCUT2D eigenvalue weighted by atomic mass is 10.1. The topological polar surface area (TPSA) is 71.9 Å². The number of ether oxygens (including phenoxy) is 2. The van der Waals surface area contributed by atoms with Crippen molar-refractivity contribution in [1.82, 2.24) is 5.32 Å². The maximum absolute atomic E-state index is 12.8. The summed E-state index contributed by atoms with van der Waals surface area (Å²) in [4.78, 5) is 17.3. The number of aryl methyl sites for hydroxylation is 2. The predicted octanol–water partition coefficient (Wildman–Crippen LogP) is 4.34. The zero-order chi connectivity index (χ0) is 20.8. The Kier molecular flexibility index (Phi) is 7.12. The second-order valence-corrected chi connectivity index (χ2v) is 7.46. The Morgan fingerprint density at radius 3 is 2.72 bits per heavy atom. The summed E-state index contributed by atoms with van der Waals surface area (Å²) in [5.41, 5.74) is 3.47. The first-order valence-electron chi connectivity index (χ1n) is 9.61. The van der Waals surface area contributed by atoms with Crippen molar-refractivity contribution in [2.24, 2.45) is 4.99 Å². The third-order valence-electron chi connectivity index (χ3n) is 4.89. The molecule has 0 aliphatic carbocycles. The first-order chi connectivity index (χ1) is 14.0. The number of hydrogen-bond donors (Lipinski definition) is 2. The van der Waals surface area contributed by atoms with E-state index in [1.807, 2.05) is 32.0 Å². The summed E-state index contributed by atoms with van der Waals surface area (Å²) in [6.45, 7) is 5.22. The van der Waals surface area contributed by atoms with Gasteiger partial charge >= 0.3 is 0 Å². The van der Waals surface area contributed by atoms with Crippen molar-refractivity contribution in [3.05, 3.63) is 58.1 Å². The predicted molar refractivity (Wildman–Crippen MR) is 116 cm³/mol. The molecule has 6 nitrogen and oxygen atoms in total. The highest BCUT2D eigenvalue weighted by molar-refractivity contribution is 6.32. The molecule has 2 aromatic carbocycles. The van der Waals surface area contributed by atoms with Gasteiger partial charge in [0.2, 0.25) is 5.96 Å². The Morgan fingerprint density at radius 2 is 2.07 bits per heavy atom. The maximum atomic E-state index is 12.8. The van der Waals surface area contributed by atoms with E-state index >= 15 is 0 Å². The first kappa shape index (κ1) is 21.1. The van der Waals surface area contributed by atoms with Gasteiger partial charge in [-0.3, -0.25) is 10.1 Å². The number of nitrogens with one attached hydrogen (secondary N) is 2. The van der Waals surface area contributed by atoms with Crippen LogP contribution in [0.15, 0.2) is 41.4 Å². The lowest BCUT2D eigenvalue weighted by molar-refractivity contribution is 0.0975. The number of aliphatic imine (C=N–C) groups is 1. The molecular formula is C22H26ClN3O3. The fourth-order valence-corrected chi connectivity index (χ4v) is 3.29. The summed E-state index contributed by atoms with van der Waals surface area (Å²) in [5.74, 6) is 0.700. The van der Waals surface area contributed by atoms with Crippen LogP contribution in [-0.4, -0.2) is 38.2 Å². The molecule has 2 N–H and O–H groups in total. The van der Waals surface area contributed by atoms with Crippen molar-refractivity contribution < 1.29 is 14.3 Å². The normalized spacial score (nSPS) is 16.6. The average molecular weight is 416 g/mol. The van der Waals surface area contributed by atoms with Crippen LogP contribution >= 0.6 is 11.6 Å². The molecule has 1 fully saturated rings. The summed E-state index contributed by atoms with van der Waals surface area (Å²) >= 11 is 6.22. The number of methoxy groups -OCH3 is 1. The van der Waals surface area contributed by atoms with E-state index in [0.29, 0.717) is 34.5 Å². The van der Waals surface area contributed by atoms with Gasteiger partial charge in [-0.15, -0.1) is 0 Å². The SMILES string of the molecule is COc1ccc(NC(=NC[C@@H]2CCCO2)NC(=O)c2ccc(C)c(C)c2)cc1Cl. The molecule has 0 bridgehead atoms. The molecule has 0 unspecified atom stereocenters. The third kappa shape index (κ3) is 5.71. The van der Waals surface area contributed by atoms with Crippen molar-refractivity contribution in [2.75, 3.05) is 25.6 Å². The number of carbonyl (C=O) groups is 1. The number of nitrogens with zero attached hydrogens (tertiary/aromatic N) is 1. The van der Waals surface area contributed by atoms with Gasteiger partial charge in [0.25, 0.3) is 5.91 Å². The molecule has 1 aliphatic heterocycles. The standard InChI is InChI=1S/C22H26ClN3O3/c1-14-6-7-16(11-15(14)2)21(27)26-22(24-13-18-5-4-10-29-18)25-17-8-9-20(28-3)19(23)12-17/h6-9,11-12,18H,4-5,10,13H2,1-3H3,(H2,24,25,26,27)/t18-/m0/s1. The molecule has 1 aliphatic rings. The Bertz CT molecular complexity index is 908. The maximum Gasteiger partial charge on any atom is 0.257 e. The number of carbonyl (C=O) groups excluding carboxylic acids is 1. The quantitative estimate of drug-likeness (QED) is 0.562. The zero-order valence-corrected chi connectivity index (χ0v) is 17.7. The highest BCUT2D eigenvalue weighted by atomic mass is 35.5. The molecule has 1 heterocycles. The minimum atomic E-state index is -0.230. The Hall–Kier alpha value is -2.57. The summed E-state index contributed by atoms with van der Waals surface area (Å²) < 4.78 is 10.8. The van der Waals surface area contributed by atoms with E-state index in [1.165, 1.54) is 0 Å². The first-order valence-corrected chi connectivity index (χ1v) is 9.99. The van der Waals surface area contributed by atoms with Crippen molar-refractivity contribution in [1.29, 1.82) is 0 Å². The van der Waals surface area contributed by atoms with Crippen LogP contribution in [0.4, 0.5) is 5.69 Å². The second-order valence-electron chi connectivity index (χ2n) is 7.05. The van der Waals surface area contributed by atoms with Crippen LogP contribution in [0.25, 0.3) is 0 Å². The van der Waals surface area contributed by atoms with E-state index < -0.39 is 0 Å². The number of anilines is 1. The lowest BCUT2D eigenvalue weighted by Gasteiger charge is -2.14. The molecule has 1 atom stereocenters. The largest absolute Gasteiger partial charge is 0.495 e. The second kappa shape index (κ2) is 9.76. The van der Waals surface area contributed by atoms with E-state index in [0.717, 1.165) is 30.6 Å². The van der Waals surface area contributed by atoms with Gasteiger partial charge < -0.3 is 14.8 Å². The summed E-state index contributed by atoms with van der Waals surface area (Å²) in [6, 6.07) is 10.9. The van der Waals surface area contributed by atoms with Crippen molar-refractivity contribution >= 4 is 29.2 Å². The highest BCUT2D eigenvalue weighted by Crippen LogP contribution is 2.27. The molecule has 0 saturated carbocycles. The minimum absolute atomic E-state index is 0.0739. The van der Waals surface area contributed by atoms with Gasteiger partial charge in [-0.05, 0) is 68.1 Å². The van der Waals surface area contributed by atoms with Gasteiger partial charge in [0.05, 0.1) is 24.8 Å². The van der Waals surface area contributed by atoms with E-state index in [2.05, 4.69) is 15.6 Å². The van der Waals surface area contributed by atoms with Gasteiger partial charge in [0.1, 0.15) is 5.75 Å². The molecule has 0 spiro atoms. The molecule has 7 heteroatoms. The number of halogens is 1. The molecule has 2 aromatic rings. The highest BCUT2D eigenvalue weighted by Gasteiger charge is 2.16. The van der Waals surface area contributed by atoms with Crippen LogP contribution in [0.2, 0.25) is 5.02 Å². The smallest absolute Gasteiger partial charge is 0.257 e. The van der Waals surface area contributed by atoms with Crippen LogP contribution in [0, 0.1) is 13.8 Å². The number of rotatable bonds is 5. The number of hydrogen-bond acceptors (Lipinski definition) is 4. The fourth-order valence-electron chi connectivity index (χ4n) is 3.03. The monoisotopic (exact) mass is 415 g/mol. The fraction of sp³-hybridized carbons (Fsp3) is 0.364. The Balaban J connectivity index is 1.78. The molecule has 0 radical (unpaired) electrons. The van der Waals surface area contributed by atoms with Gasteiger partial charge in [0.15, 0.2) is 0 Å². The van der Waals surface area contributed by atoms with Gasteiger partial charge in [0, 0.05) is 17.9 Å². The zero-order valence-electron chi connectivity index (χ0n) is 16.9. The van der Waals surface area contributed by atoms with Crippen LogP contribution in [-0.2, 0) is 4.74 Å². The summed E-state index contributed by atoms with van der Waals surface area (Å²) in [6.07, 6.45) is 2.08. The number of benzene rings is 2. The molecule has 3 rings (SSSR count). The van der Waals surface area contributed by atoms with Crippen LogP contribution in [0.1, 0.15) is 34.3 Å². The van der Waals surface area contributed by atoms with Crippen molar-refractivity contribution in [3.8, 4) is 5.75 Å². The molecular weight excluding hydrogens is 390 g/mol. The van der Waals surface area contributed by atoms with Crippen LogP contribution < -0.4 is 15.4 Å². The van der Waals surface area contributed by atoms with Crippen LogP contribution in [0.5, 0.6) is 5.75 Å². The van der Waals surface area contributed by atoms with Gasteiger partial charge in [-0.25, -0.2) is 4.99 Å². The van der Waals surface area contributed by atoms with Gasteiger partial charge in [-0.2, -0.15) is 0 Å². The Morgan fingerprint density at radius 1 is 1.24 bits per heavy atom. The third-order valence-corrected chi connectivity index (χ3v) is 5.19. The molecule has 1 amide bonds. The lowest BCUT2D eigenvalue weighted by Crippen LogP contribution is -2.36. The van der Waals surface area contributed by atoms with E-state index in [1.54, 1.807) is 25.3 Å². The van der Waals surface area contributed by atoms with E-state index in [9.17, 15) is 4.79 Å². The van der Waals surface area contributed by atoms with Crippen molar-refractivity contribution in [2.45, 2.75) is 32.8 Å². The average Bonchev–Trinajstić information content (AvgIpc) is 3.22. The molecule has 29 heavy (non-hydrogen) atoms.